The Kier molecular flexibility index (Phi) is 5.62. The van der Waals surface area contributed by atoms with Crippen molar-refractivity contribution in [1.82, 2.24) is 4.90 Å². The van der Waals surface area contributed by atoms with Crippen molar-refractivity contribution in [2.45, 2.75) is 45.2 Å². The Labute approximate surface area is 127 Å². The zero-order valence-corrected chi connectivity index (χ0v) is 13.2. The van der Waals surface area contributed by atoms with Gasteiger partial charge in [0.1, 0.15) is 12.9 Å². The van der Waals surface area contributed by atoms with Crippen LogP contribution in [0.2, 0.25) is 0 Å². The van der Waals surface area contributed by atoms with Gasteiger partial charge < -0.3 is 9.47 Å². The first-order valence-electron chi connectivity index (χ1n) is 7.67. The van der Waals surface area contributed by atoms with Crippen LogP contribution in [0, 0.1) is 0 Å². The third-order valence-corrected chi connectivity index (χ3v) is 4.31. The number of piperidine rings is 1. The highest BCUT2D eigenvalue weighted by atomic mass is 16.5. The molecule has 1 fully saturated rings. The molecule has 0 saturated carbocycles. The number of carbonyl (C=O) groups excluding carboxylic acids is 1. The lowest BCUT2D eigenvalue weighted by molar-refractivity contribution is 0.0845. The number of nitrogens with zero attached hydrogens (tertiary/aromatic N) is 1. The first-order chi connectivity index (χ1) is 10.2. The monoisotopic (exact) mass is 291 g/mol. The molecule has 1 aliphatic rings. The van der Waals surface area contributed by atoms with Crippen LogP contribution in [0.1, 0.15) is 43.5 Å². The van der Waals surface area contributed by atoms with Gasteiger partial charge in [0.15, 0.2) is 11.5 Å². The second-order valence-electron chi connectivity index (χ2n) is 5.74. The first kappa shape index (κ1) is 15.8. The summed E-state index contributed by atoms with van der Waals surface area (Å²) < 4.78 is 11.1. The number of ether oxygens (including phenoxy) is 2. The van der Waals surface area contributed by atoms with E-state index in [4.69, 9.17) is 9.47 Å². The van der Waals surface area contributed by atoms with Crippen LogP contribution in [-0.4, -0.2) is 43.5 Å². The van der Waals surface area contributed by atoms with E-state index >= 15 is 0 Å². The van der Waals surface area contributed by atoms with E-state index in [1.165, 1.54) is 19.3 Å². The second-order valence-corrected chi connectivity index (χ2v) is 5.74. The van der Waals surface area contributed by atoms with Crippen molar-refractivity contribution in [1.29, 1.82) is 0 Å². The zero-order valence-electron chi connectivity index (χ0n) is 13.2. The molecule has 0 unspecified atom stereocenters. The maximum Gasteiger partial charge on any atom is 0.161 e. The van der Waals surface area contributed by atoms with Crippen LogP contribution >= 0.6 is 0 Å². The summed E-state index contributed by atoms with van der Waals surface area (Å²) in [6, 6.07) is 6.49. The zero-order chi connectivity index (χ0) is 15.2. The molecule has 4 nitrogen and oxygen atoms in total. The van der Waals surface area contributed by atoms with E-state index in [0.717, 1.165) is 12.8 Å². The third-order valence-electron chi connectivity index (χ3n) is 4.31. The van der Waals surface area contributed by atoms with E-state index in [2.05, 4.69) is 18.7 Å². The van der Waals surface area contributed by atoms with Gasteiger partial charge in [0.2, 0.25) is 0 Å². The molecule has 21 heavy (non-hydrogen) atoms. The summed E-state index contributed by atoms with van der Waals surface area (Å²) in [7, 11) is 1.59. The largest absolute Gasteiger partial charge is 0.493 e. The minimum absolute atomic E-state index is 0.595. The molecule has 0 bridgehead atoms. The predicted octanol–water partition coefficient (Wildman–Crippen LogP) is 3.15. The Morgan fingerprint density at radius 3 is 2.57 bits per heavy atom. The molecule has 4 heteroatoms. The van der Waals surface area contributed by atoms with Gasteiger partial charge in [-0.05, 0) is 44.9 Å². The van der Waals surface area contributed by atoms with Gasteiger partial charge in [-0.25, -0.2) is 0 Å². The molecule has 2 rings (SSSR count). The molecule has 0 spiro atoms. The molecule has 1 heterocycles. The van der Waals surface area contributed by atoms with Gasteiger partial charge in [0, 0.05) is 24.2 Å². The van der Waals surface area contributed by atoms with E-state index in [-0.39, 0.29) is 0 Å². The Morgan fingerprint density at radius 2 is 1.95 bits per heavy atom. The Hall–Kier alpha value is -1.55. The average Bonchev–Trinajstić information content (AvgIpc) is 2.50. The van der Waals surface area contributed by atoms with Crippen LogP contribution in [0.5, 0.6) is 11.5 Å². The van der Waals surface area contributed by atoms with Gasteiger partial charge in [0.25, 0.3) is 0 Å². The number of hydrogen-bond acceptors (Lipinski definition) is 4. The summed E-state index contributed by atoms with van der Waals surface area (Å²) in [5, 5.41) is 0. The Morgan fingerprint density at radius 1 is 1.24 bits per heavy atom. The summed E-state index contributed by atoms with van der Waals surface area (Å²) in [6.45, 7) is 6.12. The number of carbonyl (C=O) groups is 1. The molecular weight excluding hydrogens is 266 g/mol. The van der Waals surface area contributed by atoms with Gasteiger partial charge in [0.05, 0.1) is 7.11 Å². The fourth-order valence-electron chi connectivity index (χ4n) is 3.05. The van der Waals surface area contributed by atoms with Crippen LogP contribution < -0.4 is 9.47 Å². The smallest absolute Gasteiger partial charge is 0.161 e. The van der Waals surface area contributed by atoms with Gasteiger partial charge in [-0.15, -0.1) is 0 Å². The highest BCUT2D eigenvalue weighted by Gasteiger charge is 2.24. The SMILES string of the molecule is COc1cc(C=O)ccc1OCCN1[C@H](C)CCC[C@@H]1C. The molecule has 1 aliphatic heterocycles. The van der Waals surface area contributed by atoms with Crippen molar-refractivity contribution in [2.75, 3.05) is 20.3 Å². The van der Waals surface area contributed by atoms with Crippen molar-refractivity contribution in [3.63, 3.8) is 0 Å². The minimum atomic E-state index is 0.595. The van der Waals surface area contributed by atoms with Gasteiger partial charge >= 0.3 is 0 Å². The molecule has 0 amide bonds. The highest BCUT2D eigenvalue weighted by Crippen LogP contribution is 2.28. The number of methoxy groups -OCH3 is 1. The van der Waals surface area contributed by atoms with Gasteiger partial charge in [-0.2, -0.15) is 0 Å². The number of aldehydes is 1. The van der Waals surface area contributed by atoms with Crippen LogP contribution in [0.15, 0.2) is 18.2 Å². The number of likely N-dealkylation sites (tertiary alicyclic amines) is 1. The van der Waals surface area contributed by atoms with Crippen LogP contribution in [-0.2, 0) is 0 Å². The van der Waals surface area contributed by atoms with Crippen molar-refractivity contribution >= 4 is 6.29 Å². The van der Waals surface area contributed by atoms with Crippen LogP contribution in [0.4, 0.5) is 0 Å². The third kappa shape index (κ3) is 3.97. The molecule has 0 radical (unpaired) electrons. The summed E-state index contributed by atoms with van der Waals surface area (Å²) >= 11 is 0. The predicted molar refractivity (Wildman–Crippen MR) is 83.4 cm³/mol. The first-order valence-corrected chi connectivity index (χ1v) is 7.67. The normalized spacial score (nSPS) is 22.8. The van der Waals surface area contributed by atoms with E-state index in [1.807, 2.05) is 0 Å². The molecule has 1 aromatic rings. The molecular formula is C17H25NO3. The minimum Gasteiger partial charge on any atom is -0.493 e. The molecule has 0 aliphatic carbocycles. The molecule has 116 valence electrons. The van der Waals surface area contributed by atoms with Crippen LogP contribution in [0.3, 0.4) is 0 Å². The van der Waals surface area contributed by atoms with Gasteiger partial charge in [-0.3, -0.25) is 9.69 Å². The molecule has 0 N–H and O–H groups in total. The fourth-order valence-corrected chi connectivity index (χ4v) is 3.05. The summed E-state index contributed by atoms with van der Waals surface area (Å²) in [5.41, 5.74) is 0.595. The molecule has 0 aromatic heterocycles. The van der Waals surface area contributed by atoms with E-state index in [0.29, 0.717) is 35.8 Å². The number of hydrogen-bond donors (Lipinski definition) is 0. The second kappa shape index (κ2) is 7.46. The fraction of sp³-hybridized carbons (Fsp3) is 0.588. The molecule has 2 atom stereocenters. The van der Waals surface area contributed by atoms with Crippen molar-refractivity contribution in [3.05, 3.63) is 23.8 Å². The van der Waals surface area contributed by atoms with Gasteiger partial charge in [-0.1, -0.05) is 6.42 Å². The highest BCUT2D eigenvalue weighted by molar-refractivity contribution is 5.76. The summed E-state index contributed by atoms with van der Waals surface area (Å²) in [4.78, 5) is 13.3. The topological polar surface area (TPSA) is 38.8 Å². The molecule has 1 saturated heterocycles. The Bertz CT molecular complexity index is 465. The van der Waals surface area contributed by atoms with E-state index in [9.17, 15) is 4.79 Å². The van der Waals surface area contributed by atoms with E-state index < -0.39 is 0 Å². The Balaban J connectivity index is 1.92. The van der Waals surface area contributed by atoms with Crippen molar-refractivity contribution in [2.24, 2.45) is 0 Å². The van der Waals surface area contributed by atoms with E-state index in [1.54, 1.807) is 25.3 Å². The summed E-state index contributed by atoms with van der Waals surface area (Å²) in [5.74, 6) is 1.31. The van der Waals surface area contributed by atoms with Crippen molar-refractivity contribution in [3.8, 4) is 11.5 Å². The summed E-state index contributed by atoms with van der Waals surface area (Å²) in [6.07, 6.45) is 4.66. The number of benzene rings is 1. The van der Waals surface area contributed by atoms with Crippen LogP contribution in [0.25, 0.3) is 0 Å². The lowest BCUT2D eigenvalue weighted by atomic mass is 9.98. The lowest BCUT2D eigenvalue weighted by Crippen LogP contribution is -2.45. The standard InChI is InChI=1S/C17H25NO3/c1-13-5-4-6-14(2)18(13)9-10-21-16-8-7-15(12-19)11-17(16)20-3/h7-8,11-14H,4-6,9-10H2,1-3H3/t13-,14+. The molecule has 1 aromatic carbocycles. The maximum atomic E-state index is 10.8. The lowest BCUT2D eigenvalue weighted by Gasteiger charge is -2.38. The maximum absolute atomic E-state index is 10.8. The average molecular weight is 291 g/mol. The number of rotatable bonds is 6. The van der Waals surface area contributed by atoms with Crippen molar-refractivity contribution < 1.29 is 14.3 Å². The quantitative estimate of drug-likeness (QED) is 0.755.